The number of rotatable bonds is 1. The minimum atomic E-state index is 0.0272. The van der Waals surface area contributed by atoms with Gasteiger partial charge in [-0.15, -0.1) is 0 Å². The zero-order valence-electron chi connectivity index (χ0n) is 7.94. The number of benzene rings is 1. The van der Waals surface area contributed by atoms with Gasteiger partial charge in [0, 0.05) is 17.4 Å². The Morgan fingerprint density at radius 3 is 2.62 bits per heavy atom. The van der Waals surface area contributed by atoms with Crippen molar-refractivity contribution in [2.75, 3.05) is 5.73 Å². The zero-order valence-corrected chi connectivity index (χ0v) is 6.94. The fourth-order valence-electron chi connectivity index (χ4n) is 1.08. The van der Waals surface area contributed by atoms with Crippen LogP contribution in [0.1, 0.15) is 1.37 Å². The van der Waals surface area contributed by atoms with E-state index in [1.165, 1.54) is 0 Å². The lowest BCUT2D eigenvalue weighted by atomic mass is 10.1. The minimum Gasteiger partial charge on any atom is -0.399 e. The maximum Gasteiger partial charge on any atom is 0.116 e. The first-order valence-corrected chi connectivity index (χ1v) is 3.91. The van der Waals surface area contributed by atoms with Gasteiger partial charge in [-0.1, -0.05) is 12.1 Å². The summed E-state index contributed by atoms with van der Waals surface area (Å²) < 4.78 is 7.28. The molecule has 64 valence electrons. The molecule has 13 heavy (non-hydrogen) atoms. The van der Waals surface area contributed by atoms with Gasteiger partial charge >= 0.3 is 0 Å². The molecule has 2 rings (SSSR count). The molecule has 0 atom stereocenters. The molecule has 0 bridgehead atoms. The van der Waals surface area contributed by atoms with E-state index in [4.69, 9.17) is 7.10 Å². The molecule has 0 spiro atoms. The Hall–Kier alpha value is -1.90. The van der Waals surface area contributed by atoms with Crippen molar-refractivity contribution in [1.29, 1.82) is 0 Å². The Labute approximate surface area is 77.7 Å². The lowest BCUT2D eigenvalue weighted by Crippen LogP contribution is -1.86. The largest absolute Gasteiger partial charge is 0.399 e. The van der Waals surface area contributed by atoms with Crippen molar-refractivity contribution in [3.05, 3.63) is 42.8 Å². The molecule has 2 aromatic rings. The summed E-state index contributed by atoms with van der Waals surface area (Å²) in [6, 6.07) is 9.12. The summed E-state index contributed by atoms with van der Waals surface area (Å²) in [5.74, 6) is 0. The van der Waals surface area contributed by atoms with Crippen molar-refractivity contribution in [2.45, 2.75) is 0 Å². The molecular weight excluding hydrogens is 162 g/mol. The first-order valence-electron chi connectivity index (χ1n) is 4.41. The number of nitrogens with two attached hydrogens (primary N) is 1. The first-order chi connectivity index (χ1) is 6.75. The summed E-state index contributed by atoms with van der Waals surface area (Å²) in [7, 11) is 0. The molecular formula is C10H9N3. The molecule has 1 heterocycles. The predicted octanol–water partition coefficient (Wildman–Crippen LogP) is 1.73. The lowest BCUT2D eigenvalue weighted by Gasteiger charge is -1.99. The van der Waals surface area contributed by atoms with Crippen LogP contribution in [0.3, 0.4) is 0 Å². The van der Waals surface area contributed by atoms with Gasteiger partial charge < -0.3 is 5.73 Å². The molecule has 1 aromatic heterocycles. The van der Waals surface area contributed by atoms with Gasteiger partial charge in [0.15, 0.2) is 0 Å². The number of hydrogen-bond donors (Lipinski definition) is 1. The van der Waals surface area contributed by atoms with Crippen LogP contribution < -0.4 is 5.73 Å². The van der Waals surface area contributed by atoms with Crippen molar-refractivity contribution >= 4 is 5.69 Å². The Morgan fingerprint density at radius 1 is 1.15 bits per heavy atom. The predicted molar refractivity (Wildman–Crippen MR) is 51.9 cm³/mol. The van der Waals surface area contributed by atoms with E-state index in [0.717, 1.165) is 11.3 Å². The molecule has 0 aliphatic rings. The number of hydrogen-bond acceptors (Lipinski definition) is 3. The Bertz CT molecular complexity index is 439. The van der Waals surface area contributed by atoms with Crippen molar-refractivity contribution in [1.82, 2.24) is 9.97 Å². The van der Waals surface area contributed by atoms with Crippen molar-refractivity contribution in [3.8, 4) is 11.3 Å². The summed E-state index contributed by atoms with van der Waals surface area (Å²) in [5.41, 5.74) is 7.96. The fourth-order valence-corrected chi connectivity index (χ4v) is 1.08. The van der Waals surface area contributed by atoms with Gasteiger partial charge in [-0.25, -0.2) is 9.97 Å². The molecule has 2 N–H and O–H groups in total. The molecule has 0 unspecified atom stereocenters. The van der Waals surface area contributed by atoms with Crippen LogP contribution in [0.5, 0.6) is 0 Å². The molecule has 0 aliphatic heterocycles. The van der Waals surface area contributed by atoms with E-state index in [-0.39, 0.29) is 6.30 Å². The van der Waals surface area contributed by atoms with E-state index in [9.17, 15) is 0 Å². The van der Waals surface area contributed by atoms with Gasteiger partial charge in [-0.2, -0.15) is 0 Å². The van der Waals surface area contributed by atoms with Crippen molar-refractivity contribution in [3.63, 3.8) is 0 Å². The molecule has 1 aromatic carbocycles. The average Bonchev–Trinajstić information content (AvgIpc) is 2.19. The summed E-state index contributed by atoms with van der Waals surface area (Å²) >= 11 is 0. The molecule has 0 radical (unpaired) electrons. The maximum absolute atomic E-state index is 7.28. The van der Waals surface area contributed by atoms with E-state index in [1.807, 2.05) is 12.1 Å². The third kappa shape index (κ3) is 1.64. The van der Waals surface area contributed by atoms with E-state index in [0.29, 0.717) is 5.69 Å². The van der Waals surface area contributed by atoms with Crippen LogP contribution in [0.15, 0.2) is 42.8 Å². The normalized spacial score (nSPS) is 10.9. The molecule has 0 aliphatic carbocycles. The third-order valence-electron chi connectivity index (χ3n) is 1.74. The zero-order chi connectivity index (χ0) is 9.97. The Balaban J connectivity index is 2.44. The highest BCUT2D eigenvalue weighted by molar-refractivity contribution is 5.61. The Morgan fingerprint density at radius 2 is 1.92 bits per heavy atom. The quantitative estimate of drug-likeness (QED) is 0.666. The van der Waals surface area contributed by atoms with E-state index in [2.05, 4.69) is 9.97 Å². The smallest absolute Gasteiger partial charge is 0.116 e. The van der Waals surface area contributed by atoms with Crippen LogP contribution >= 0.6 is 0 Å². The van der Waals surface area contributed by atoms with Crippen LogP contribution in [0.2, 0.25) is 0 Å². The molecule has 0 saturated heterocycles. The SMILES string of the molecule is [2H]c1nccc(-c2ccc(N)cc2)n1. The standard InChI is InChI=1S/C10H9N3/c11-9-3-1-8(2-4-9)10-5-6-12-7-13-10/h1-7H,11H2/i7D. The summed E-state index contributed by atoms with van der Waals surface area (Å²) in [6.07, 6.45) is 1.60. The average molecular weight is 172 g/mol. The van der Waals surface area contributed by atoms with Gasteiger partial charge in [-0.05, 0) is 18.2 Å². The van der Waals surface area contributed by atoms with Gasteiger partial charge in [0.05, 0.1) is 5.69 Å². The number of aromatic nitrogens is 2. The molecule has 0 saturated carbocycles. The van der Waals surface area contributed by atoms with Crippen LogP contribution in [0.4, 0.5) is 5.69 Å². The van der Waals surface area contributed by atoms with Crippen molar-refractivity contribution in [2.24, 2.45) is 0 Å². The maximum atomic E-state index is 7.28. The van der Waals surface area contributed by atoms with Crippen molar-refractivity contribution < 1.29 is 1.37 Å². The van der Waals surface area contributed by atoms with E-state index < -0.39 is 0 Å². The lowest BCUT2D eigenvalue weighted by molar-refractivity contribution is 1.17. The highest BCUT2D eigenvalue weighted by atomic mass is 14.8. The second-order valence-corrected chi connectivity index (χ2v) is 2.66. The van der Waals surface area contributed by atoms with Crippen LogP contribution in [0.25, 0.3) is 11.3 Å². The monoisotopic (exact) mass is 172 g/mol. The number of nitrogens with zero attached hydrogens (tertiary/aromatic N) is 2. The molecule has 3 nitrogen and oxygen atoms in total. The van der Waals surface area contributed by atoms with Gasteiger partial charge in [0.25, 0.3) is 0 Å². The van der Waals surface area contributed by atoms with Crippen LogP contribution in [-0.2, 0) is 0 Å². The van der Waals surface area contributed by atoms with E-state index in [1.54, 1.807) is 24.4 Å². The summed E-state index contributed by atoms with van der Waals surface area (Å²) in [5, 5.41) is 0. The summed E-state index contributed by atoms with van der Waals surface area (Å²) in [4.78, 5) is 7.70. The van der Waals surface area contributed by atoms with Crippen LogP contribution in [0, 0.1) is 0 Å². The third-order valence-corrected chi connectivity index (χ3v) is 1.74. The minimum absolute atomic E-state index is 0.0272. The topological polar surface area (TPSA) is 51.8 Å². The summed E-state index contributed by atoms with van der Waals surface area (Å²) in [6.45, 7) is 0. The molecule has 0 amide bonds. The molecule has 3 heteroatoms. The first kappa shape index (κ1) is 6.60. The second kappa shape index (κ2) is 3.23. The molecule has 0 fully saturated rings. The Kier molecular flexibility index (Phi) is 1.64. The number of anilines is 1. The van der Waals surface area contributed by atoms with Gasteiger partial charge in [-0.3, -0.25) is 0 Å². The highest BCUT2D eigenvalue weighted by Gasteiger charge is 1.96. The fraction of sp³-hybridized carbons (Fsp3) is 0. The number of nitrogen functional groups attached to an aromatic ring is 1. The van der Waals surface area contributed by atoms with Gasteiger partial charge in [0.2, 0.25) is 0 Å². The second-order valence-electron chi connectivity index (χ2n) is 2.66. The van der Waals surface area contributed by atoms with E-state index >= 15 is 0 Å². The highest BCUT2D eigenvalue weighted by Crippen LogP contribution is 2.16. The van der Waals surface area contributed by atoms with Gasteiger partial charge in [0.1, 0.15) is 7.67 Å². The van der Waals surface area contributed by atoms with Crippen LogP contribution in [-0.4, -0.2) is 9.97 Å².